The zero-order valence-electron chi connectivity index (χ0n) is 46.0. The highest BCUT2D eigenvalue weighted by molar-refractivity contribution is 5.88. The van der Waals surface area contributed by atoms with Gasteiger partial charge in [0, 0.05) is 99.3 Å². The molecule has 6 aliphatic rings. The van der Waals surface area contributed by atoms with Crippen LogP contribution in [0.1, 0.15) is 77.2 Å². The van der Waals surface area contributed by atoms with Gasteiger partial charge in [-0.25, -0.2) is 8.78 Å². The standard InChI is InChI=1S/C58H67F5N14O4/c1-6-50(78)76-26-24-74(30-38(76)15-19-64)54-43-17-22-72(49-12-8-11-46(59)36(49)3)32-47(43)66-57(69-54)81-35-41-28-37(29-71(41)5)42-13-14-45(58(61,62)63)53(52(42)60)73-23-18-44-48(33-73)67-56(80-34-40-10-9-21-70(40)4)68-55(44)75-25-27-77(51(79)7-2)39(31-75)16-20-65/h6-8,11-14,37-41H,1-2,9-10,15-18,21-35H2,3-5H3/t37?,38?,39?,40-,41-/m0/s1. The number of halogens is 5. The minimum Gasteiger partial charge on any atom is -0.462 e. The van der Waals surface area contributed by atoms with E-state index >= 15 is 17.6 Å². The number of ether oxygens (including phenoxy) is 2. The first-order valence-corrected chi connectivity index (χ1v) is 27.7. The third kappa shape index (κ3) is 11.7. The molecular weight excluding hydrogens is 1050 g/mol. The predicted octanol–water partition coefficient (Wildman–Crippen LogP) is 6.57. The molecule has 10 rings (SSSR count). The van der Waals surface area contributed by atoms with Crippen molar-refractivity contribution in [2.75, 3.05) is 112 Å². The van der Waals surface area contributed by atoms with Gasteiger partial charge in [-0.2, -0.15) is 43.6 Å². The molecule has 2 aromatic heterocycles. The highest BCUT2D eigenvalue weighted by Gasteiger charge is 2.42. The van der Waals surface area contributed by atoms with E-state index in [0.717, 1.165) is 36.7 Å². The molecular formula is C58H67F5N14O4. The summed E-state index contributed by atoms with van der Waals surface area (Å²) in [6.45, 7) is 13.3. The van der Waals surface area contributed by atoms with Gasteiger partial charge in [0.1, 0.15) is 30.7 Å². The van der Waals surface area contributed by atoms with E-state index in [1.165, 1.54) is 29.2 Å². The molecule has 23 heteroatoms. The molecule has 18 nitrogen and oxygen atoms in total. The molecule has 4 aromatic rings. The van der Waals surface area contributed by atoms with E-state index in [9.17, 15) is 24.5 Å². The second kappa shape index (κ2) is 23.8. The van der Waals surface area contributed by atoms with E-state index in [1.54, 1.807) is 22.8 Å². The summed E-state index contributed by atoms with van der Waals surface area (Å²) < 4.78 is 90.6. The number of rotatable bonds is 15. The van der Waals surface area contributed by atoms with Crippen molar-refractivity contribution < 1.29 is 41.0 Å². The number of carbonyl (C=O) groups is 2. The van der Waals surface area contributed by atoms with Gasteiger partial charge in [0.15, 0.2) is 5.82 Å². The number of likely N-dealkylation sites (tertiary alicyclic amines) is 2. The molecule has 0 saturated carbocycles. The third-order valence-corrected chi connectivity index (χ3v) is 17.1. The van der Waals surface area contributed by atoms with Gasteiger partial charge in [-0.15, -0.1) is 0 Å². The lowest BCUT2D eigenvalue weighted by atomic mass is 9.92. The highest BCUT2D eigenvalue weighted by atomic mass is 19.4. The van der Waals surface area contributed by atoms with Crippen LogP contribution in [0.2, 0.25) is 0 Å². The minimum atomic E-state index is -4.90. The van der Waals surface area contributed by atoms with Gasteiger partial charge in [0.2, 0.25) is 11.8 Å². The van der Waals surface area contributed by atoms with Crippen LogP contribution in [0.5, 0.6) is 12.0 Å². The van der Waals surface area contributed by atoms with Gasteiger partial charge in [0.25, 0.3) is 0 Å². The number of anilines is 4. The lowest BCUT2D eigenvalue weighted by Crippen LogP contribution is -2.55. The molecule has 2 amide bonds. The fourth-order valence-electron chi connectivity index (χ4n) is 12.7. The molecule has 3 unspecified atom stereocenters. The highest BCUT2D eigenvalue weighted by Crippen LogP contribution is 2.45. The molecule has 4 saturated heterocycles. The fourth-order valence-corrected chi connectivity index (χ4v) is 12.7. The summed E-state index contributed by atoms with van der Waals surface area (Å²) in [5.74, 6) is -1.24. The van der Waals surface area contributed by atoms with Crippen molar-refractivity contribution in [2.24, 2.45) is 0 Å². The number of carbonyl (C=O) groups excluding carboxylic acids is 2. The van der Waals surface area contributed by atoms with Crippen molar-refractivity contribution in [2.45, 2.75) is 101 Å². The van der Waals surface area contributed by atoms with Crippen molar-refractivity contribution in [3.8, 4) is 24.2 Å². The van der Waals surface area contributed by atoms with Crippen LogP contribution in [-0.4, -0.2) is 168 Å². The van der Waals surface area contributed by atoms with Gasteiger partial charge in [-0.05, 0) is 95.6 Å². The van der Waals surface area contributed by atoms with Crippen LogP contribution < -0.4 is 29.1 Å². The summed E-state index contributed by atoms with van der Waals surface area (Å²) in [5, 5.41) is 19.5. The molecule has 0 aliphatic carbocycles. The topological polar surface area (TPSA) is 178 Å². The van der Waals surface area contributed by atoms with Crippen molar-refractivity contribution in [1.29, 1.82) is 10.5 Å². The van der Waals surface area contributed by atoms with E-state index in [-0.39, 0.29) is 106 Å². The van der Waals surface area contributed by atoms with Crippen molar-refractivity contribution in [1.82, 2.24) is 39.5 Å². The quantitative estimate of drug-likeness (QED) is 0.0922. The van der Waals surface area contributed by atoms with Crippen LogP contribution in [0.15, 0.2) is 55.6 Å². The van der Waals surface area contributed by atoms with Crippen LogP contribution in [0.25, 0.3) is 0 Å². The summed E-state index contributed by atoms with van der Waals surface area (Å²) in [4.78, 5) is 60.2. The molecule has 6 aliphatic heterocycles. The molecule has 5 atom stereocenters. The van der Waals surface area contributed by atoms with Crippen LogP contribution in [-0.2, 0) is 41.7 Å². The number of nitriles is 2. The van der Waals surface area contributed by atoms with Gasteiger partial charge >= 0.3 is 18.2 Å². The minimum absolute atomic E-state index is 0.0153. The number of amides is 2. The van der Waals surface area contributed by atoms with Gasteiger partial charge in [-0.3, -0.25) is 14.5 Å². The molecule has 81 heavy (non-hydrogen) atoms. The normalized spacial score (nSPS) is 22.5. The van der Waals surface area contributed by atoms with Crippen LogP contribution in [0.4, 0.5) is 45.0 Å². The Balaban J connectivity index is 0.913. The predicted molar refractivity (Wildman–Crippen MR) is 293 cm³/mol. The van der Waals surface area contributed by atoms with E-state index in [1.807, 2.05) is 34.9 Å². The number of aromatic nitrogens is 4. The Hall–Kier alpha value is -7.63. The zero-order valence-corrected chi connectivity index (χ0v) is 46.0. The molecule has 0 spiro atoms. The Bertz CT molecular complexity index is 3150. The third-order valence-electron chi connectivity index (χ3n) is 17.1. The van der Waals surface area contributed by atoms with Gasteiger partial charge in [0.05, 0.1) is 72.8 Å². The summed E-state index contributed by atoms with van der Waals surface area (Å²) in [6.07, 6.45) is 0.679. The number of hydrogen-bond donors (Lipinski definition) is 0. The first-order chi connectivity index (χ1) is 39.0. The fraction of sp³-hybridized carbons (Fsp3) is 0.517. The largest absolute Gasteiger partial charge is 0.462 e. The van der Waals surface area contributed by atoms with Crippen molar-refractivity contribution >= 4 is 34.8 Å². The molecule has 2 aromatic carbocycles. The van der Waals surface area contributed by atoms with Crippen molar-refractivity contribution in [3.63, 3.8) is 0 Å². The second-order valence-electron chi connectivity index (χ2n) is 21.9. The Kier molecular flexibility index (Phi) is 16.7. The lowest BCUT2D eigenvalue weighted by molar-refractivity contribution is -0.137. The number of alkyl halides is 3. The molecule has 4 fully saturated rings. The molecule has 0 bridgehead atoms. The van der Waals surface area contributed by atoms with E-state index in [2.05, 4.69) is 35.1 Å². The van der Waals surface area contributed by atoms with Crippen LogP contribution >= 0.6 is 0 Å². The van der Waals surface area contributed by atoms with Crippen molar-refractivity contribution in [3.05, 3.63) is 106 Å². The summed E-state index contributed by atoms with van der Waals surface area (Å²) in [7, 11) is 3.87. The Labute approximate surface area is 468 Å². The van der Waals surface area contributed by atoms with E-state index in [4.69, 9.17) is 29.4 Å². The number of benzene rings is 2. The average Bonchev–Trinajstić information content (AvgIpc) is 4.19. The maximum Gasteiger partial charge on any atom is 0.418 e. The maximum absolute atomic E-state index is 17.5. The Morgan fingerprint density at radius 3 is 1.81 bits per heavy atom. The first kappa shape index (κ1) is 56.6. The smallest absolute Gasteiger partial charge is 0.418 e. The van der Waals surface area contributed by atoms with Crippen LogP contribution in [0, 0.1) is 41.2 Å². The zero-order chi connectivity index (χ0) is 57.3. The van der Waals surface area contributed by atoms with Gasteiger partial charge < -0.3 is 43.8 Å². The Morgan fingerprint density at radius 1 is 0.704 bits per heavy atom. The number of nitrogens with zero attached hydrogens (tertiary/aromatic N) is 14. The number of piperazine rings is 2. The summed E-state index contributed by atoms with van der Waals surface area (Å²) in [6, 6.07) is 10.6. The summed E-state index contributed by atoms with van der Waals surface area (Å²) >= 11 is 0. The number of fused-ring (bicyclic) bond motifs is 2. The lowest BCUT2D eigenvalue weighted by Gasteiger charge is -2.42. The van der Waals surface area contributed by atoms with Crippen LogP contribution in [0.3, 0.4) is 0 Å². The molecule has 0 radical (unpaired) electrons. The van der Waals surface area contributed by atoms with Gasteiger partial charge in [-0.1, -0.05) is 25.3 Å². The van der Waals surface area contributed by atoms with E-state index < -0.39 is 41.2 Å². The average molecular weight is 1120 g/mol. The monoisotopic (exact) mass is 1120 g/mol. The maximum atomic E-state index is 17.5. The molecule has 0 N–H and O–H groups in total. The first-order valence-electron chi connectivity index (χ1n) is 27.7. The number of hydrogen-bond acceptors (Lipinski definition) is 16. The Morgan fingerprint density at radius 2 is 1.27 bits per heavy atom. The second-order valence-corrected chi connectivity index (χ2v) is 21.9. The molecule has 8 heterocycles. The number of likely N-dealkylation sites (N-methyl/N-ethyl adjacent to an activating group) is 2. The molecule has 428 valence electrons. The summed E-state index contributed by atoms with van der Waals surface area (Å²) in [5.41, 5.74) is 2.36. The SMILES string of the molecule is C=CC(=O)N1CCN(c2nc(OC[C@@H]3CC(c4ccc(C(F)(F)F)c(N5CCc6c(nc(OC[C@@H]7CCCN7C)nc6N6CCN(C(=O)C=C)C(CC#N)C6)C5)c4F)CN3C)nc3c2CCN(c2cccc(F)c2C)C3)CC1CC#N. The van der Waals surface area contributed by atoms with E-state index in [0.29, 0.717) is 92.8 Å².